The van der Waals surface area contributed by atoms with Crippen LogP contribution in [0.25, 0.3) is 0 Å². The molecule has 4 aromatic carbocycles. The highest BCUT2D eigenvalue weighted by Crippen LogP contribution is 2.38. The number of hydrogen-bond acceptors (Lipinski definition) is 4. The predicted molar refractivity (Wildman–Crippen MR) is 188 cm³/mol. The van der Waals surface area contributed by atoms with Gasteiger partial charge in [-0.3, -0.25) is 4.84 Å². The Morgan fingerprint density at radius 2 is 1.16 bits per heavy atom. The third-order valence-corrected chi connectivity index (χ3v) is 5.46. The van der Waals surface area contributed by atoms with E-state index in [1.165, 1.54) is 30.7 Å². The lowest BCUT2D eigenvalue weighted by Crippen LogP contribution is -2.21. The maximum absolute atomic E-state index is 13.2. The number of hydrogen-bond donors (Lipinski definition) is 0. The second-order valence-corrected chi connectivity index (χ2v) is 8.82. The molecule has 2 atom stereocenters. The van der Waals surface area contributed by atoms with Crippen molar-refractivity contribution >= 4 is 12.5 Å². The molecule has 0 aliphatic carbocycles. The lowest BCUT2D eigenvalue weighted by Gasteiger charge is -2.25. The van der Waals surface area contributed by atoms with Crippen molar-refractivity contribution in [2.45, 2.75) is 93.9 Å². The van der Waals surface area contributed by atoms with Crippen molar-refractivity contribution in [3.05, 3.63) is 132 Å². The van der Waals surface area contributed by atoms with Crippen molar-refractivity contribution in [1.29, 1.82) is 0 Å². The number of hydroxylamine groups is 1. The van der Waals surface area contributed by atoms with Gasteiger partial charge in [0, 0.05) is 6.42 Å². The van der Waals surface area contributed by atoms with Gasteiger partial charge in [0.1, 0.15) is 30.8 Å². The third-order valence-electron chi connectivity index (χ3n) is 5.46. The summed E-state index contributed by atoms with van der Waals surface area (Å²) >= 11 is 0. The molecule has 1 saturated heterocycles. The average molecular weight is 624 g/mol. The Hall–Kier alpha value is -4.03. The van der Waals surface area contributed by atoms with Crippen molar-refractivity contribution in [3.63, 3.8) is 0 Å². The van der Waals surface area contributed by atoms with Gasteiger partial charge < -0.3 is 9.53 Å². The molecule has 0 aromatic heterocycles. The summed E-state index contributed by atoms with van der Waals surface area (Å²) in [5.74, 6) is 0.410. The molecule has 0 spiro atoms. The second kappa shape index (κ2) is 28.7. The minimum atomic E-state index is -0.248. The standard InChI is InChI=1S/C23H22FNO2.C6H5F.C3H8.3C2H6.CH2O/c1-17-15-23(25(27-17)21-11-9-20(24)10-12-21)19-7-13-22(14-8-19)26-16-18-5-3-2-4-6-18;7-6-4-2-1-3-5-6;1-3-2;4*1-2/h2-14,17,23H,15-16H2,1H3;1-5H;3H2,1-2H3;3*1-2H3;1H2/t17?,23-;;;;;;/m0....../s1. The van der Waals surface area contributed by atoms with E-state index in [2.05, 4.69) is 26.0 Å². The summed E-state index contributed by atoms with van der Waals surface area (Å²) in [5.41, 5.74) is 3.15. The van der Waals surface area contributed by atoms with Gasteiger partial charge in [-0.15, -0.1) is 0 Å². The zero-order chi connectivity index (χ0) is 34.5. The Labute approximate surface area is 272 Å². The normalized spacial score (nSPS) is 13.8. The van der Waals surface area contributed by atoms with E-state index in [1.54, 1.807) is 30.3 Å². The van der Waals surface area contributed by atoms with Crippen molar-refractivity contribution in [3.8, 4) is 5.75 Å². The van der Waals surface area contributed by atoms with Crippen LogP contribution in [0.3, 0.4) is 0 Å². The van der Waals surface area contributed by atoms with E-state index in [-0.39, 0.29) is 23.8 Å². The van der Waals surface area contributed by atoms with Gasteiger partial charge >= 0.3 is 0 Å². The molecule has 1 aliphatic heterocycles. The quantitative estimate of drug-likeness (QED) is 0.222. The van der Waals surface area contributed by atoms with Gasteiger partial charge in [-0.2, -0.15) is 0 Å². The number of rotatable bonds is 5. The zero-order valence-corrected chi connectivity index (χ0v) is 28.8. The Morgan fingerprint density at radius 1 is 0.711 bits per heavy atom. The fraction of sp³-hybridized carbons (Fsp3) is 0.359. The van der Waals surface area contributed by atoms with Crippen LogP contribution in [-0.4, -0.2) is 12.9 Å². The molecule has 248 valence electrons. The van der Waals surface area contributed by atoms with Crippen LogP contribution in [0.5, 0.6) is 5.75 Å². The van der Waals surface area contributed by atoms with Crippen LogP contribution < -0.4 is 9.80 Å². The first-order valence-corrected chi connectivity index (χ1v) is 16.0. The molecule has 1 unspecified atom stereocenters. The molecule has 0 bridgehead atoms. The third kappa shape index (κ3) is 17.8. The smallest absolute Gasteiger partial charge is 0.123 e. The van der Waals surface area contributed by atoms with Crippen molar-refractivity contribution in [2.75, 3.05) is 5.06 Å². The molecular weight excluding hydrogens is 568 g/mol. The van der Waals surface area contributed by atoms with Crippen LogP contribution in [0.4, 0.5) is 14.5 Å². The van der Waals surface area contributed by atoms with Crippen LogP contribution >= 0.6 is 0 Å². The number of halogens is 2. The van der Waals surface area contributed by atoms with Gasteiger partial charge in [0.2, 0.25) is 0 Å². The molecule has 1 aliphatic rings. The molecular formula is C39H55F2NO3. The second-order valence-electron chi connectivity index (χ2n) is 8.82. The maximum Gasteiger partial charge on any atom is 0.123 e. The van der Waals surface area contributed by atoms with Gasteiger partial charge in [-0.1, -0.05) is 122 Å². The molecule has 4 aromatic rings. The highest BCUT2D eigenvalue weighted by atomic mass is 19.1. The topological polar surface area (TPSA) is 38.8 Å². The first-order chi connectivity index (χ1) is 22.0. The number of ether oxygens (including phenoxy) is 1. The van der Waals surface area contributed by atoms with E-state index in [0.29, 0.717) is 6.61 Å². The Morgan fingerprint density at radius 3 is 1.60 bits per heavy atom. The molecule has 5 rings (SSSR count). The van der Waals surface area contributed by atoms with Gasteiger partial charge in [0.15, 0.2) is 0 Å². The summed E-state index contributed by atoms with van der Waals surface area (Å²) in [6.45, 7) is 20.8. The minimum absolute atomic E-state index is 0.0913. The number of anilines is 1. The molecule has 0 N–H and O–H groups in total. The molecule has 0 radical (unpaired) electrons. The van der Waals surface area contributed by atoms with Crippen LogP contribution in [0.15, 0.2) is 109 Å². The average Bonchev–Trinajstić information content (AvgIpc) is 3.51. The van der Waals surface area contributed by atoms with E-state index in [9.17, 15) is 8.78 Å². The van der Waals surface area contributed by atoms with E-state index < -0.39 is 0 Å². The predicted octanol–water partition coefficient (Wildman–Crippen LogP) is 11.8. The Kier molecular flexibility index (Phi) is 27.5. The summed E-state index contributed by atoms with van der Waals surface area (Å²) < 4.78 is 31.0. The van der Waals surface area contributed by atoms with Gasteiger partial charge in [-0.25, -0.2) is 13.8 Å². The summed E-state index contributed by atoms with van der Waals surface area (Å²) in [5, 5.41) is 1.88. The maximum atomic E-state index is 13.2. The van der Waals surface area contributed by atoms with Crippen LogP contribution in [-0.2, 0) is 16.2 Å². The molecule has 0 saturated carbocycles. The van der Waals surface area contributed by atoms with Crippen molar-refractivity contribution in [2.24, 2.45) is 0 Å². The Balaban J connectivity index is 0. The molecule has 1 fully saturated rings. The largest absolute Gasteiger partial charge is 0.489 e. The van der Waals surface area contributed by atoms with Crippen molar-refractivity contribution in [1.82, 2.24) is 0 Å². The van der Waals surface area contributed by atoms with Crippen molar-refractivity contribution < 1.29 is 23.1 Å². The molecule has 6 heteroatoms. The van der Waals surface area contributed by atoms with Gasteiger partial charge in [0.25, 0.3) is 0 Å². The van der Waals surface area contributed by atoms with Crippen LogP contribution in [0.1, 0.15) is 92.3 Å². The van der Waals surface area contributed by atoms with E-state index in [1.807, 2.05) is 103 Å². The van der Waals surface area contributed by atoms with Gasteiger partial charge in [0.05, 0.1) is 17.8 Å². The summed E-state index contributed by atoms with van der Waals surface area (Å²) in [4.78, 5) is 14.0. The summed E-state index contributed by atoms with van der Waals surface area (Å²) in [6, 6.07) is 32.7. The first-order valence-electron chi connectivity index (χ1n) is 16.0. The van der Waals surface area contributed by atoms with E-state index in [4.69, 9.17) is 14.4 Å². The summed E-state index contributed by atoms with van der Waals surface area (Å²) in [6.07, 6.45) is 2.23. The van der Waals surface area contributed by atoms with Crippen LogP contribution in [0, 0.1) is 11.6 Å². The number of nitrogens with zero attached hydrogens (tertiary/aromatic N) is 1. The molecule has 4 nitrogen and oxygen atoms in total. The zero-order valence-electron chi connectivity index (χ0n) is 28.8. The summed E-state index contributed by atoms with van der Waals surface area (Å²) in [7, 11) is 0. The number of carbonyl (C=O) groups is 1. The molecule has 1 heterocycles. The van der Waals surface area contributed by atoms with E-state index >= 15 is 0 Å². The number of benzene rings is 4. The highest BCUT2D eigenvalue weighted by Gasteiger charge is 2.32. The molecule has 0 amide bonds. The lowest BCUT2D eigenvalue weighted by atomic mass is 10.0. The lowest BCUT2D eigenvalue weighted by molar-refractivity contribution is -0.0980. The Bertz CT molecular complexity index is 1170. The number of carbonyl (C=O) groups excluding carboxylic acids is 1. The monoisotopic (exact) mass is 623 g/mol. The minimum Gasteiger partial charge on any atom is -0.489 e. The van der Waals surface area contributed by atoms with Crippen LogP contribution in [0.2, 0.25) is 0 Å². The van der Waals surface area contributed by atoms with Gasteiger partial charge in [-0.05, 0) is 66.6 Å². The SMILES string of the molecule is C=O.CC.CC.CC.CC1C[C@@H](c2ccc(OCc3ccccc3)cc2)N(c2ccc(F)cc2)O1.CCC.Fc1ccccc1. The first kappa shape index (κ1) is 43.1. The fourth-order valence-electron chi connectivity index (χ4n) is 3.76. The highest BCUT2D eigenvalue weighted by molar-refractivity contribution is 5.48. The van der Waals surface area contributed by atoms with E-state index in [0.717, 1.165) is 29.0 Å². The molecule has 45 heavy (non-hydrogen) atoms. The fourth-order valence-corrected chi connectivity index (χ4v) is 3.76.